The Morgan fingerprint density at radius 2 is 1.86 bits per heavy atom. The molecule has 0 radical (unpaired) electrons. The van der Waals surface area contributed by atoms with Crippen LogP contribution in [0.25, 0.3) is 11.3 Å². The zero-order valence-corrected chi connectivity index (χ0v) is 15.2. The van der Waals surface area contributed by atoms with Gasteiger partial charge in [-0.1, -0.05) is 29.8 Å². The van der Waals surface area contributed by atoms with Crippen molar-refractivity contribution in [3.8, 4) is 17.1 Å². The van der Waals surface area contributed by atoms with Gasteiger partial charge in [0, 0.05) is 10.6 Å². The fraction of sp³-hybridized carbons (Fsp3) is 0.0500. The van der Waals surface area contributed by atoms with Crippen LogP contribution in [0.4, 0.5) is 0 Å². The summed E-state index contributed by atoms with van der Waals surface area (Å²) in [5.74, 6) is -0.244. The van der Waals surface area contributed by atoms with Crippen molar-refractivity contribution in [1.29, 1.82) is 0 Å². The number of nitrogens with zero attached hydrogens (tertiary/aromatic N) is 1. The number of hydrogen-bond donors (Lipinski definition) is 2. The minimum absolute atomic E-state index is 0.132. The summed E-state index contributed by atoms with van der Waals surface area (Å²) in [5.41, 5.74) is 2.90. The van der Waals surface area contributed by atoms with Crippen molar-refractivity contribution in [3.05, 3.63) is 77.0 Å². The molecule has 3 aromatic rings. The number of hydrogen-bond acceptors (Lipinski definition) is 5. The summed E-state index contributed by atoms with van der Waals surface area (Å²) < 4.78 is 10.9. The molecule has 0 unspecified atom stereocenters. The largest absolute Gasteiger partial charge is 0.484 e. The molecule has 2 N–H and O–H groups in total. The third kappa shape index (κ3) is 4.99. The molecule has 1 amide bonds. The predicted octanol–water partition coefficient (Wildman–Crippen LogP) is 3.83. The van der Waals surface area contributed by atoms with E-state index in [4.69, 9.17) is 20.8 Å². The Bertz CT molecular complexity index is 1010. The van der Waals surface area contributed by atoms with Gasteiger partial charge in [-0.2, -0.15) is 5.10 Å². The van der Waals surface area contributed by atoms with Crippen molar-refractivity contribution in [2.75, 3.05) is 6.61 Å². The Hall–Kier alpha value is -3.58. The molecule has 28 heavy (non-hydrogen) atoms. The van der Waals surface area contributed by atoms with Crippen molar-refractivity contribution < 1.29 is 23.8 Å². The number of aromatic carboxylic acids is 1. The van der Waals surface area contributed by atoms with Crippen LogP contribution >= 0.6 is 11.6 Å². The molecule has 1 heterocycles. The number of rotatable bonds is 7. The molecule has 0 saturated carbocycles. The first-order chi connectivity index (χ1) is 13.5. The number of carbonyl (C=O) groups is 2. The number of nitrogens with one attached hydrogen (secondary N) is 1. The van der Waals surface area contributed by atoms with Gasteiger partial charge in [-0.3, -0.25) is 4.79 Å². The first-order valence-corrected chi connectivity index (χ1v) is 8.53. The van der Waals surface area contributed by atoms with Gasteiger partial charge in [-0.15, -0.1) is 0 Å². The number of benzene rings is 2. The van der Waals surface area contributed by atoms with Crippen LogP contribution in [0, 0.1) is 0 Å². The van der Waals surface area contributed by atoms with Crippen LogP contribution in [0.15, 0.2) is 70.2 Å². The second-order valence-corrected chi connectivity index (χ2v) is 6.02. The minimum atomic E-state index is -1.05. The summed E-state index contributed by atoms with van der Waals surface area (Å²) in [7, 11) is 0. The first-order valence-electron chi connectivity index (χ1n) is 8.16. The second kappa shape index (κ2) is 8.88. The molecular weight excluding hydrogens is 384 g/mol. The topological polar surface area (TPSA) is 101 Å². The van der Waals surface area contributed by atoms with E-state index >= 15 is 0 Å². The summed E-state index contributed by atoms with van der Waals surface area (Å²) in [6.07, 6.45) is 1.31. The third-order valence-electron chi connectivity index (χ3n) is 3.61. The molecule has 7 nitrogen and oxygen atoms in total. The highest BCUT2D eigenvalue weighted by Crippen LogP contribution is 2.25. The van der Waals surface area contributed by atoms with E-state index in [2.05, 4.69) is 10.5 Å². The molecule has 142 valence electrons. The highest BCUT2D eigenvalue weighted by atomic mass is 35.5. The number of amides is 1. The Kier molecular flexibility index (Phi) is 6.08. The van der Waals surface area contributed by atoms with Crippen LogP contribution in [0.1, 0.15) is 16.1 Å². The lowest BCUT2D eigenvalue weighted by Crippen LogP contribution is -2.24. The highest BCUT2D eigenvalue weighted by Gasteiger charge is 2.13. The van der Waals surface area contributed by atoms with Crippen molar-refractivity contribution in [2.24, 2.45) is 5.10 Å². The molecule has 8 heteroatoms. The SMILES string of the molecule is O=C(COc1ccc(Cl)cc1)N/N=C\c1ccc(-c2ccccc2C(=O)O)o1. The van der Waals surface area contributed by atoms with E-state index in [9.17, 15) is 14.7 Å². The molecule has 0 saturated heterocycles. The number of halogens is 1. The van der Waals surface area contributed by atoms with E-state index in [0.717, 1.165) is 0 Å². The van der Waals surface area contributed by atoms with E-state index < -0.39 is 11.9 Å². The number of furan rings is 1. The van der Waals surface area contributed by atoms with Crippen molar-refractivity contribution >= 4 is 29.7 Å². The average Bonchev–Trinajstić information content (AvgIpc) is 3.16. The van der Waals surface area contributed by atoms with Gasteiger partial charge >= 0.3 is 5.97 Å². The maximum absolute atomic E-state index is 11.7. The molecular formula is C20H15ClN2O5. The van der Waals surface area contributed by atoms with Crippen molar-refractivity contribution in [1.82, 2.24) is 5.43 Å². The Balaban J connectivity index is 1.56. The molecule has 0 bridgehead atoms. The number of carbonyl (C=O) groups excluding carboxylic acids is 1. The van der Waals surface area contributed by atoms with Gasteiger partial charge in [0.05, 0.1) is 11.8 Å². The zero-order valence-electron chi connectivity index (χ0n) is 14.5. The van der Waals surface area contributed by atoms with Gasteiger partial charge in [-0.05, 0) is 42.5 Å². The van der Waals surface area contributed by atoms with Gasteiger partial charge < -0.3 is 14.3 Å². The molecule has 0 atom stereocenters. The number of carboxylic acids is 1. The molecule has 0 spiro atoms. The quantitative estimate of drug-likeness (QED) is 0.465. The fourth-order valence-electron chi connectivity index (χ4n) is 2.33. The lowest BCUT2D eigenvalue weighted by Gasteiger charge is -2.04. The van der Waals surface area contributed by atoms with Crippen molar-refractivity contribution in [2.45, 2.75) is 0 Å². The molecule has 0 aliphatic heterocycles. The number of ether oxygens (including phenoxy) is 1. The van der Waals surface area contributed by atoms with Crippen LogP contribution in [0.2, 0.25) is 5.02 Å². The predicted molar refractivity (Wildman–Crippen MR) is 104 cm³/mol. The average molecular weight is 399 g/mol. The van der Waals surface area contributed by atoms with Crippen molar-refractivity contribution in [3.63, 3.8) is 0 Å². The van der Waals surface area contributed by atoms with Crippen LogP contribution in [-0.4, -0.2) is 29.8 Å². The standard InChI is InChI=1S/C20H15ClN2O5/c21-13-5-7-14(8-6-13)27-12-19(24)23-22-11-15-9-10-18(28-15)16-3-1-2-4-17(16)20(25)26/h1-11H,12H2,(H,23,24)(H,25,26)/b22-11-. The van der Waals surface area contributed by atoms with Crippen LogP contribution < -0.4 is 10.2 Å². The summed E-state index contributed by atoms with van der Waals surface area (Å²) in [5, 5.41) is 13.6. The molecule has 2 aromatic carbocycles. The number of hydrazone groups is 1. The van der Waals surface area contributed by atoms with Gasteiger partial charge in [0.15, 0.2) is 6.61 Å². The monoisotopic (exact) mass is 398 g/mol. The summed E-state index contributed by atoms with van der Waals surface area (Å²) in [6, 6.07) is 16.4. The van der Waals surface area contributed by atoms with E-state index in [1.165, 1.54) is 12.3 Å². The Labute approximate surface area is 165 Å². The van der Waals surface area contributed by atoms with E-state index in [1.807, 2.05) is 0 Å². The van der Waals surface area contributed by atoms with E-state index in [1.54, 1.807) is 54.6 Å². The van der Waals surface area contributed by atoms with E-state index in [0.29, 0.717) is 27.9 Å². The molecule has 3 rings (SSSR count). The summed E-state index contributed by atoms with van der Waals surface area (Å²) in [4.78, 5) is 23.0. The van der Waals surface area contributed by atoms with Crippen LogP contribution in [-0.2, 0) is 4.79 Å². The minimum Gasteiger partial charge on any atom is -0.484 e. The number of carboxylic acid groups (broad SMARTS) is 1. The third-order valence-corrected chi connectivity index (χ3v) is 3.87. The zero-order chi connectivity index (χ0) is 19.9. The fourth-order valence-corrected chi connectivity index (χ4v) is 2.46. The lowest BCUT2D eigenvalue weighted by molar-refractivity contribution is -0.123. The molecule has 0 aliphatic rings. The van der Waals surface area contributed by atoms with Crippen LogP contribution in [0.3, 0.4) is 0 Å². The first kappa shape index (κ1) is 19.2. The highest BCUT2D eigenvalue weighted by molar-refractivity contribution is 6.30. The molecule has 1 aromatic heterocycles. The van der Waals surface area contributed by atoms with Gasteiger partial charge in [-0.25, -0.2) is 10.2 Å². The lowest BCUT2D eigenvalue weighted by atomic mass is 10.1. The smallest absolute Gasteiger partial charge is 0.336 e. The molecule has 0 aliphatic carbocycles. The summed E-state index contributed by atoms with van der Waals surface area (Å²) in [6.45, 7) is -0.214. The Morgan fingerprint density at radius 1 is 1.11 bits per heavy atom. The van der Waals surface area contributed by atoms with E-state index in [-0.39, 0.29) is 12.2 Å². The Morgan fingerprint density at radius 3 is 2.61 bits per heavy atom. The maximum atomic E-state index is 11.7. The van der Waals surface area contributed by atoms with Gasteiger partial charge in [0.1, 0.15) is 17.3 Å². The molecule has 0 fully saturated rings. The van der Waals surface area contributed by atoms with Gasteiger partial charge in [0.25, 0.3) is 5.91 Å². The van der Waals surface area contributed by atoms with Gasteiger partial charge in [0.2, 0.25) is 0 Å². The maximum Gasteiger partial charge on any atom is 0.336 e. The van der Waals surface area contributed by atoms with Crippen LogP contribution in [0.5, 0.6) is 5.75 Å². The summed E-state index contributed by atoms with van der Waals surface area (Å²) >= 11 is 5.77. The normalized spacial score (nSPS) is 10.8. The second-order valence-electron chi connectivity index (χ2n) is 5.59.